The molecule has 3 saturated heterocycles. The van der Waals surface area contributed by atoms with Gasteiger partial charge in [0.05, 0.1) is 20.2 Å². The topological polar surface area (TPSA) is 59.1 Å². The molecule has 0 aromatic heterocycles. The van der Waals surface area contributed by atoms with E-state index in [0.29, 0.717) is 24.3 Å². The molecule has 3 aliphatic heterocycles. The third kappa shape index (κ3) is 3.69. The van der Waals surface area contributed by atoms with Crippen LogP contribution in [0.4, 0.5) is 0 Å². The molecule has 1 aromatic rings. The summed E-state index contributed by atoms with van der Waals surface area (Å²) in [6, 6.07) is 10.3. The van der Waals surface area contributed by atoms with Crippen LogP contribution < -0.4 is 17.0 Å². The predicted octanol–water partition coefficient (Wildman–Crippen LogP) is -0.763. The Hall–Kier alpha value is -0.950. The molecule has 150 valence electrons. The Morgan fingerprint density at radius 3 is 2.44 bits per heavy atom. The number of morpholine rings is 1. The van der Waals surface area contributed by atoms with Crippen LogP contribution in [-0.2, 0) is 14.3 Å². The Labute approximate surface area is 172 Å². The van der Waals surface area contributed by atoms with Gasteiger partial charge in [-0.05, 0) is 12.0 Å². The van der Waals surface area contributed by atoms with E-state index in [0.717, 1.165) is 22.9 Å². The van der Waals surface area contributed by atoms with Crippen molar-refractivity contribution in [1.82, 2.24) is 0 Å². The molecule has 3 fully saturated rings. The van der Waals surface area contributed by atoms with Gasteiger partial charge in [0.2, 0.25) is 0 Å². The molecule has 4 rings (SSSR count). The van der Waals surface area contributed by atoms with Crippen molar-refractivity contribution in [3.05, 3.63) is 35.9 Å². The van der Waals surface area contributed by atoms with Crippen molar-refractivity contribution in [2.45, 2.75) is 68.9 Å². The molecule has 0 radical (unpaired) electrons. The first-order valence-corrected chi connectivity index (χ1v) is 9.95. The zero-order chi connectivity index (χ0) is 18.3. The first-order chi connectivity index (χ1) is 12.6. The molecule has 0 amide bonds. The first kappa shape index (κ1) is 20.8. The maximum atomic E-state index is 12.7. The van der Waals surface area contributed by atoms with Gasteiger partial charge in [-0.3, -0.25) is 4.79 Å². The van der Waals surface area contributed by atoms with E-state index in [1.54, 1.807) is 0 Å². The van der Waals surface area contributed by atoms with Gasteiger partial charge >= 0.3 is 5.97 Å². The number of fused-ring (bicyclic) bond motifs is 5. The lowest BCUT2D eigenvalue weighted by molar-refractivity contribution is -0.956. The number of ether oxygens (including phenoxy) is 2. The van der Waals surface area contributed by atoms with E-state index in [1.807, 2.05) is 30.3 Å². The van der Waals surface area contributed by atoms with E-state index >= 15 is 0 Å². The Morgan fingerprint density at radius 1 is 1.26 bits per heavy atom. The van der Waals surface area contributed by atoms with E-state index in [-0.39, 0.29) is 35.7 Å². The highest BCUT2D eigenvalue weighted by Crippen LogP contribution is 2.52. The summed E-state index contributed by atoms with van der Waals surface area (Å²) in [5, 5.41) is 9.70. The summed E-state index contributed by atoms with van der Waals surface area (Å²) in [6.45, 7) is 3.20. The molecule has 3 heterocycles. The van der Waals surface area contributed by atoms with Gasteiger partial charge in [-0.25, -0.2) is 0 Å². The number of epoxide rings is 1. The van der Waals surface area contributed by atoms with Crippen LogP contribution >= 0.6 is 0 Å². The second kappa shape index (κ2) is 8.19. The SMILES string of the molecule is CCCC[N+]1(C)C2CC(OC(=O)C(CO)c3ccccc3)C[C@@H]1[C@H]1O[C@@H]21.[Br-]. The number of nitrogens with zero attached hydrogens (tertiary/aromatic N) is 1. The Balaban J connectivity index is 0.00000210. The van der Waals surface area contributed by atoms with Crippen molar-refractivity contribution < 1.29 is 40.8 Å². The van der Waals surface area contributed by atoms with E-state index < -0.39 is 5.92 Å². The van der Waals surface area contributed by atoms with Crippen molar-refractivity contribution in [2.24, 2.45) is 0 Å². The van der Waals surface area contributed by atoms with Gasteiger partial charge < -0.3 is 36.0 Å². The minimum atomic E-state index is -0.595. The van der Waals surface area contributed by atoms with Crippen molar-refractivity contribution in [3.63, 3.8) is 0 Å². The van der Waals surface area contributed by atoms with Crippen LogP contribution in [0, 0.1) is 0 Å². The van der Waals surface area contributed by atoms with E-state index in [4.69, 9.17) is 9.47 Å². The number of aliphatic hydroxyl groups is 1. The fraction of sp³-hybridized carbons (Fsp3) is 0.667. The number of benzene rings is 1. The van der Waals surface area contributed by atoms with Gasteiger partial charge in [-0.1, -0.05) is 43.7 Å². The molecule has 5 nitrogen and oxygen atoms in total. The van der Waals surface area contributed by atoms with E-state index in [2.05, 4.69) is 14.0 Å². The second-order valence-electron chi connectivity index (χ2n) is 8.30. The summed E-state index contributed by atoms with van der Waals surface area (Å²) in [5.74, 6) is -0.898. The number of quaternary nitrogens is 1. The van der Waals surface area contributed by atoms with Crippen molar-refractivity contribution in [1.29, 1.82) is 0 Å². The number of rotatable bonds is 7. The van der Waals surface area contributed by atoms with Crippen LogP contribution in [0.25, 0.3) is 0 Å². The molecule has 6 heteroatoms. The van der Waals surface area contributed by atoms with E-state index in [9.17, 15) is 9.90 Å². The number of esters is 1. The van der Waals surface area contributed by atoms with Gasteiger partial charge in [0.15, 0.2) is 0 Å². The lowest BCUT2D eigenvalue weighted by atomic mass is 9.94. The standard InChI is InChI=1S/C21H30NO4.BrH/c1-3-4-10-22(2)17-11-15(12-18(22)20-19(17)26-20)25-21(24)16(13-23)14-8-6-5-7-9-14;/h5-9,15-20,23H,3-4,10-13H2,1-2H3;1H/q+1;/p-1/t15?,16?,17-,18?,19-,20+,22?;/m1./s1. The highest BCUT2D eigenvalue weighted by Gasteiger charge is 2.71. The Bertz CT molecular complexity index is 637. The third-order valence-corrected chi connectivity index (χ3v) is 6.79. The molecular formula is C21H30BrNO4. The molecule has 0 saturated carbocycles. The van der Waals surface area contributed by atoms with Gasteiger partial charge in [0.1, 0.15) is 36.3 Å². The average molecular weight is 440 g/mol. The molecule has 1 aromatic carbocycles. The van der Waals surface area contributed by atoms with Crippen LogP contribution in [0.5, 0.6) is 0 Å². The third-order valence-electron chi connectivity index (χ3n) is 6.79. The van der Waals surface area contributed by atoms with Gasteiger partial charge in [-0.2, -0.15) is 0 Å². The number of aliphatic hydroxyl groups excluding tert-OH is 1. The molecule has 0 aliphatic carbocycles. The number of piperidine rings is 1. The number of unbranched alkanes of at least 4 members (excludes halogenated alkanes) is 1. The first-order valence-electron chi connectivity index (χ1n) is 9.95. The summed E-state index contributed by atoms with van der Waals surface area (Å²) in [5.41, 5.74) is 0.813. The Morgan fingerprint density at radius 2 is 1.89 bits per heavy atom. The minimum Gasteiger partial charge on any atom is -1.00 e. The number of hydrogen-bond donors (Lipinski definition) is 1. The second-order valence-corrected chi connectivity index (χ2v) is 8.30. The number of carbonyl (C=O) groups is 1. The maximum Gasteiger partial charge on any atom is 0.316 e. The highest BCUT2D eigenvalue weighted by molar-refractivity contribution is 5.78. The fourth-order valence-corrected chi connectivity index (χ4v) is 5.23. The molecule has 2 bridgehead atoms. The van der Waals surface area contributed by atoms with Gasteiger partial charge in [-0.15, -0.1) is 0 Å². The van der Waals surface area contributed by atoms with Gasteiger partial charge in [0, 0.05) is 12.8 Å². The van der Waals surface area contributed by atoms with Crippen LogP contribution in [-0.4, -0.2) is 66.2 Å². The summed E-state index contributed by atoms with van der Waals surface area (Å²) < 4.78 is 12.9. The zero-order valence-corrected chi connectivity index (χ0v) is 17.7. The average Bonchev–Trinajstić information content (AvgIpc) is 3.40. The van der Waals surface area contributed by atoms with Gasteiger partial charge in [0.25, 0.3) is 0 Å². The number of hydrogen-bond acceptors (Lipinski definition) is 4. The van der Waals surface area contributed by atoms with Crippen LogP contribution in [0.2, 0.25) is 0 Å². The number of likely N-dealkylation sites (N-methyl/N-ethyl adjacent to an activating group) is 1. The van der Waals surface area contributed by atoms with Crippen LogP contribution in [0.1, 0.15) is 44.1 Å². The molecule has 1 N–H and O–H groups in total. The maximum absolute atomic E-state index is 12.7. The summed E-state index contributed by atoms with van der Waals surface area (Å²) in [4.78, 5) is 12.7. The molecule has 3 aliphatic rings. The smallest absolute Gasteiger partial charge is 0.316 e. The summed E-state index contributed by atoms with van der Waals surface area (Å²) >= 11 is 0. The monoisotopic (exact) mass is 439 g/mol. The molecular weight excluding hydrogens is 410 g/mol. The highest BCUT2D eigenvalue weighted by atomic mass is 79.9. The van der Waals surface area contributed by atoms with Crippen LogP contribution in [0.3, 0.4) is 0 Å². The van der Waals surface area contributed by atoms with Crippen molar-refractivity contribution in [2.75, 3.05) is 20.2 Å². The normalized spacial score (nSPS) is 37.1. The number of halogens is 1. The number of carbonyl (C=O) groups excluding carboxylic acids is 1. The lowest BCUT2D eigenvalue weighted by Gasteiger charge is -2.48. The molecule has 27 heavy (non-hydrogen) atoms. The van der Waals surface area contributed by atoms with E-state index in [1.165, 1.54) is 19.4 Å². The quantitative estimate of drug-likeness (QED) is 0.344. The zero-order valence-electron chi connectivity index (χ0n) is 16.1. The minimum absolute atomic E-state index is 0. The molecule has 0 spiro atoms. The van der Waals surface area contributed by atoms with Crippen molar-refractivity contribution in [3.8, 4) is 0 Å². The lowest BCUT2D eigenvalue weighted by Crippen LogP contribution is -3.00. The fourth-order valence-electron chi connectivity index (χ4n) is 5.23. The Kier molecular flexibility index (Phi) is 6.31. The van der Waals surface area contributed by atoms with Crippen LogP contribution in [0.15, 0.2) is 30.3 Å². The van der Waals surface area contributed by atoms with Crippen molar-refractivity contribution >= 4 is 5.97 Å². The summed E-state index contributed by atoms with van der Waals surface area (Å²) in [7, 11) is 2.36. The molecule has 4 unspecified atom stereocenters. The molecule has 7 atom stereocenters. The predicted molar refractivity (Wildman–Crippen MR) is 97.6 cm³/mol. The largest absolute Gasteiger partial charge is 1.00 e. The summed E-state index contributed by atoms with van der Waals surface area (Å²) in [6.07, 6.45) is 4.83.